The Hall–Kier alpha value is -4.78. The Kier molecular flexibility index (Phi) is 9.47. The van der Waals surface area contributed by atoms with E-state index in [2.05, 4.69) is 20.4 Å². The fraction of sp³-hybridized carbons (Fsp3) is 0.500. The van der Waals surface area contributed by atoms with Gasteiger partial charge in [0.15, 0.2) is 5.65 Å². The number of ether oxygens (including phenoxy) is 2. The van der Waals surface area contributed by atoms with Gasteiger partial charge in [0.1, 0.15) is 22.8 Å². The number of aliphatic hydroxyl groups excluding tert-OH is 1. The molecule has 2 N–H and O–H groups in total. The van der Waals surface area contributed by atoms with E-state index in [1.807, 2.05) is 78.1 Å². The highest BCUT2D eigenvalue weighted by Gasteiger charge is 2.34. The number of aromatic nitrogens is 5. The molecule has 0 bridgehead atoms. The number of carbonyl (C=O) groups excluding carboxylic acids is 2. The number of carbonyl (C=O) groups is 2. The highest BCUT2D eigenvalue weighted by Crippen LogP contribution is 2.42. The van der Waals surface area contributed by atoms with Crippen molar-refractivity contribution in [1.82, 2.24) is 29.5 Å². The Labute approximate surface area is 286 Å². The molecule has 6 rings (SSSR count). The molecular formula is C36H46N8O5. The smallest absolute Gasteiger partial charge is 0.416 e. The predicted octanol–water partition coefficient (Wildman–Crippen LogP) is 6.04. The van der Waals surface area contributed by atoms with Gasteiger partial charge in [0.25, 0.3) is 0 Å². The van der Waals surface area contributed by atoms with Crippen LogP contribution in [0.3, 0.4) is 0 Å². The largest absolute Gasteiger partial charge is 0.444 e. The molecule has 1 saturated heterocycles. The van der Waals surface area contributed by atoms with Crippen LogP contribution in [-0.4, -0.2) is 83.7 Å². The summed E-state index contributed by atoms with van der Waals surface area (Å²) in [7, 11) is 0. The van der Waals surface area contributed by atoms with Gasteiger partial charge < -0.3 is 24.8 Å². The minimum absolute atomic E-state index is 0.121. The summed E-state index contributed by atoms with van der Waals surface area (Å²) in [5.41, 5.74) is 2.66. The van der Waals surface area contributed by atoms with E-state index in [1.54, 1.807) is 27.9 Å². The summed E-state index contributed by atoms with van der Waals surface area (Å²) < 4.78 is 13.1. The van der Waals surface area contributed by atoms with Crippen LogP contribution in [0, 0.1) is 5.92 Å². The van der Waals surface area contributed by atoms with Crippen molar-refractivity contribution in [2.24, 2.45) is 5.92 Å². The first-order chi connectivity index (χ1) is 23.2. The molecule has 0 radical (unpaired) electrons. The van der Waals surface area contributed by atoms with Gasteiger partial charge in [-0.1, -0.05) is 6.07 Å². The summed E-state index contributed by atoms with van der Waals surface area (Å²) >= 11 is 0. The van der Waals surface area contributed by atoms with Gasteiger partial charge >= 0.3 is 12.2 Å². The SMILES string of the molecule is CC(C)(C)OC(=O)N1CC[C@H](CNc2cc(N(Cc3ccc(-c4ccccn4)cn3)C(=O)OC(C)(C)C)n3ncc(C4CC4)c3n2)[C@@H](O)C1. The van der Waals surface area contributed by atoms with Gasteiger partial charge in [0.2, 0.25) is 0 Å². The summed E-state index contributed by atoms with van der Waals surface area (Å²) in [4.78, 5) is 43.6. The van der Waals surface area contributed by atoms with Gasteiger partial charge in [0.05, 0.1) is 36.8 Å². The normalized spacial score (nSPS) is 18.3. The first kappa shape index (κ1) is 34.1. The van der Waals surface area contributed by atoms with Crippen LogP contribution in [0.15, 0.2) is 55.0 Å². The molecule has 2 amide bonds. The van der Waals surface area contributed by atoms with Gasteiger partial charge in [-0.3, -0.25) is 14.9 Å². The highest BCUT2D eigenvalue weighted by atomic mass is 16.6. The lowest BCUT2D eigenvalue weighted by atomic mass is 9.94. The molecule has 2 aliphatic rings. The molecule has 0 unspecified atom stereocenters. The van der Waals surface area contributed by atoms with E-state index in [0.717, 1.165) is 29.7 Å². The lowest BCUT2D eigenvalue weighted by molar-refractivity contribution is -0.0104. The molecule has 4 aromatic rings. The van der Waals surface area contributed by atoms with E-state index in [1.165, 1.54) is 4.90 Å². The summed E-state index contributed by atoms with van der Waals surface area (Å²) in [6.07, 6.45) is 6.30. The Balaban J connectivity index is 1.27. The van der Waals surface area contributed by atoms with E-state index in [0.29, 0.717) is 48.4 Å². The average molecular weight is 671 g/mol. The van der Waals surface area contributed by atoms with Crippen molar-refractivity contribution in [2.45, 2.75) is 90.6 Å². The number of fused-ring (bicyclic) bond motifs is 1. The van der Waals surface area contributed by atoms with Crippen LogP contribution in [0.25, 0.3) is 16.9 Å². The van der Waals surface area contributed by atoms with Crippen molar-refractivity contribution in [3.8, 4) is 11.3 Å². The van der Waals surface area contributed by atoms with Crippen LogP contribution in [0.2, 0.25) is 0 Å². The first-order valence-electron chi connectivity index (χ1n) is 16.9. The van der Waals surface area contributed by atoms with Crippen molar-refractivity contribution >= 4 is 29.5 Å². The molecule has 0 aromatic carbocycles. The van der Waals surface area contributed by atoms with Crippen molar-refractivity contribution < 1.29 is 24.2 Å². The van der Waals surface area contributed by atoms with Crippen LogP contribution in [-0.2, 0) is 16.0 Å². The number of β-amino-alcohol motifs (C(OH)–C–C–N with tert-alkyl or cyclic N) is 1. The molecule has 0 spiro atoms. The molecule has 2 atom stereocenters. The van der Waals surface area contributed by atoms with Crippen molar-refractivity contribution in [1.29, 1.82) is 0 Å². The molecule has 5 heterocycles. The number of anilines is 2. The van der Waals surface area contributed by atoms with Gasteiger partial charge in [-0.2, -0.15) is 9.61 Å². The lowest BCUT2D eigenvalue weighted by Crippen LogP contribution is -2.49. The van der Waals surface area contributed by atoms with Gasteiger partial charge in [-0.25, -0.2) is 14.6 Å². The molecule has 49 heavy (non-hydrogen) atoms. The average Bonchev–Trinajstić information content (AvgIpc) is 3.80. The maximum absolute atomic E-state index is 13.9. The van der Waals surface area contributed by atoms with Crippen LogP contribution in [0.5, 0.6) is 0 Å². The molecule has 1 aliphatic carbocycles. The zero-order valence-electron chi connectivity index (χ0n) is 29.1. The summed E-state index contributed by atoms with van der Waals surface area (Å²) in [6.45, 7) is 12.2. The third kappa shape index (κ3) is 8.45. The third-order valence-electron chi connectivity index (χ3n) is 8.41. The zero-order chi connectivity index (χ0) is 34.9. The van der Waals surface area contributed by atoms with Crippen LogP contribution >= 0.6 is 0 Å². The van der Waals surface area contributed by atoms with Crippen molar-refractivity contribution in [3.63, 3.8) is 0 Å². The van der Waals surface area contributed by atoms with E-state index >= 15 is 0 Å². The Morgan fingerprint density at radius 1 is 1.00 bits per heavy atom. The summed E-state index contributed by atoms with van der Waals surface area (Å²) in [5, 5.41) is 19.1. The fourth-order valence-electron chi connectivity index (χ4n) is 5.80. The lowest BCUT2D eigenvalue weighted by Gasteiger charge is -2.36. The molecule has 4 aromatic heterocycles. The number of rotatable bonds is 8. The topological polar surface area (TPSA) is 147 Å². The number of hydrogen-bond acceptors (Lipinski definition) is 10. The highest BCUT2D eigenvalue weighted by molar-refractivity contribution is 5.88. The molecule has 2 fully saturated rings. The molecular weight excluding hydrogens is 624 g/mol. The summed E-state index contributed by atoms with van der Waals surface area (Å²) in [6, 6.07) is 11.3. The zero-order valence-corrected chi connectivity index (χ0v) is 29.1. The third-order valence-corrected chi connectivity index (χ3v) is 8.41. The number of likely N-dealkylation sites (tertiary alicyclic amines) is 1. The van der Waals surface area contributed by atoms with Gasteiger partial charge in [-0.15, -0.1) is 0 Å². The first-order valence-corrected chi connectivity index (χ1v) is 16.9. The summed E-state index contributed by atoms with van der Waals surface area (Å²) in [5.74, 6) is 1.25. The second kappa shape index (κ2) is 13.6. The minimum Gasteiger partial charge on any atom is -0.444 e. The second-order valence-electron chi connectivity index (χ2n) is 14.9. The number of hydrogen-bond donors (Lipinski definition) is 2. The maximum Gasteiger partial charge on any atom is 0.416 e. The van der Waals surface area contributed by atoms with Crippen LogP contribution < -0.4 is 10.2 Å². The molecule has 260 valence electrons. The monoisotopic (exact) mass is 670 g/mol. The Bertz CT molecular complexity index is 1780. The fourth-order valence-corrected chi connectivity index (χ4v) is 5.80. The Morgan fingerprint density at radius 2 is 1.78 bits per heavy atom. The van der Waals surface area contributed by atoms with E-state index in [4.69, 9.17) is 14.5 Å². The number of nitrogens with one attached hydrogen (secondary N) is 1. The number of nitrogens with zero attached hydrogens (tertiary/aromatic N) is 7. The minimum atomic E-state index is -0.744. The maximum atomic E-state index is 13.9. The Morgan fingerprint density at radius 3 is 2.41 bits per heavy atom. The molecule has 13 nitrogen and oxygen atoms in total. The van der Waals surface area contributed by atoms with Crippen LogP contribution in [0.4, 0.5) is 21.2 Å². The van der Waals surface area contributed by atoms with E-state index in [9.17, 15) is 14.7 Å². The quantitative estimate of drug-likeness (QED) is 0.228. The van der Waals surface area contributed by atoms with Gasteiger partial charge in [-0.05, 0) is 91.0 Å². The van der Waals surface area contributed by atoms with Gasteiger partial charge in [0, 0.05) is 48.6 Å². The molecule has 1 aliphatic heterocycles. The van der Waals surface area contributed by atoms with Crippen LogP contribution in [0.1, 0.15) is 78.0 Å². The van der Waals surface area contributed by atoms with E-state index < -0.39 is 29.5 Å². The molecule has 1 saturated carbocycles. The van der Waals surface area contributed by atoms with Crippen molar-refractivity contribution in [2.75, 3.05) is 29.9 Å². The van der Waals surface area contributed by atoms with Crippen molar-refractivity contribution in [3.05, 3.63) is 66.2 Å². The number of aliphatic hydroxyl groups is 1. The van der Waals surface area contributed by atoms with E-state index in [-0.39, 0.29) is 19.0 Å². The second-order valence-corrected chi connectivity index (χ2v) is 14.9. The number of amides is 2. The predicted molar refractivity (Wildman–Crippen MR) is 185 cm³/mol. The number of pyridine rings is 2. The standard InChI is InChI=1S/C36H46N8O5/c1-35(2,3)48-33(46)42-16-14-25(29(45)22-42)19-39-30-17-31(44-32(41-30)27(20-40-44)23-10-11-23)43(34(47)49-36(4,5)6)21-26-13-12-24(18-38-26)28-9-7-8-15-37-28/h7-9,12-13,15,17-18,20,23,25,29,45H,10-11,14,16,19,21-22H2,1-6H3,(H,39,41)/t25-,29+/m1/s1. The number of piperidine rings is 1. The molecule has 13 heteroatoms.